The number of rotatable bonds is 9. The van der Waals surface area contributed by atoms with Crippen LogP contribution in [0.3, 0.4) is 0 Å². The summed E-state index contributed by atoms with van der Waals surface area (Å²) < 4.78 is 48.9. The van der Waals surface area contributed by atoms with E-state index in [1.54, 1.807) is 12.1 Å². The number of primary sulfonamides is 1. The minimum Gasteiger partial charge on any atom is -0.225 e. The molecular formula is C17H22N2O4S2. The Labute approximate surface area is 149 Å². The predicted octanol–water partition coefficient (Wildman–Crippen LogP) is 1.43. The zero-order chi connectivity index (χ0) is 18.3. The van der Waals surface area contributed by atoms with Crippen molar-refractivity contribution in [2.45, 2.75) is 24.2 Å². The van der Waals surface area contributed by atoms with Gasteiger partial charge >= 0.3 is 0 Å². The van der Waals surface area contributed by atoms with Gasteiger partial charge in [0.25, 0.3) is 0 Å². The summed E-state index contributed by atoms with van der Waals surface area (Å²) >= 11 is 0. The molecule has 3 N–H and O–H groups in total. The lowest BCUT2D eigenvalue weighted by Crippen LogP contribution is -2.28. The van der Waals surface area contributed by atoms with E-state index < -0.39 is 20.0 Å². The summed E-state index contributed by atoms with van der Waals surface area (Å²) in [4.78, 5) is 0.0675. The van der Waals surface area contributed by atoms with Crippen molar-refractivity contribution in [1.29, 1.82) is 0 Å². The number of nitrogens with one attached hydrogen (secondary N) is 1. The number of sulfonamides is 2. The molecule has 0 bridgehead atoms. The van der Waals surface area contributed by atoms with Gasteiger partial charge < -0.3 is 0 Å². The van der Waals surface area contributed by atoms with Crippen LogP contribution in [-0.4, -0.2) is 29.1 Å². The van der Waals surface area contributed by atoms with Crippen LogP contribution < -0.4 is 9.86 Å². The minimum atomic E-state index is -3.69. The average molecular weight is 383 g/mol. The van der Waals surface area contributed by atoms with Crippen molar-refractivity contribution in [2.75, 3.05) is 12.3 Å². The molecule has 0 radical (unpaired) electrons. The van der Waals surface area contributed by atoms with Gasteiger partial charge in [-0.15, -0.1) is 0 Å². The van der Waals surface area contributed by atoms with Crippen molar-refractivity contribution in [3.63, 3.8) is 0 Å². The van der Waals surface area contributed by atoms with Crippen molar-refractivity contribution in [3.05, 3.63) is 65.7 Å². The first-order valence-electron chi connectivity index (χ1n) is 7.89. The van der Waals surface area contributed by atoms with Gasteiger partial charge in [-0.3, -0.25) is 0 Å². The highest BCUT2D eigenvalue weighted by atomic mass is 32.2. The smallest absolute Gasteiger partial charge is 0.225 e. The molecule has 136 valence electrons. The van der Waals surface area contributed by atoms with Gasteiger partial charge in [0.05, 0.1) is 10.6 Å². The van der Waals surface area contributed by atoms with Crippen LogP contribution in [0.15, 0.2) is 59.5 Å². The molecule has 0 spiro atoms. The van der Waals surface area contributed by atoms with Crippen LogP contribution in [0.25, 0.3) is 0 Å². The van der Waals surface area contributed by atoms with Gasteiger partial charge in [0.15, 0.2) is 0 Å². The molecule has 0 fully saturated rings. The number of benzene rings is 2. The fourth-order valence-electron chi connectivity index (χ4n) is 2.34. The monoisotopic (exact) mass is 382 g/mol. The van der Waals surface area contributed by atoms with E-state index in [0.717, 1.165) is 11.1 Å². The molecule has 0 aliphatic heterocycles. The number of hydrogen-bond donors (Lipinski definition) is 2. The van der Waals surface area contributed by atoms with E-state index in [0.29, 0.717) is 25.8 Å². The third-order valence-electron chi connectivity index (χ3n) is 3.72. The topological polar surface area (TPSA) is 106 Å². The largest absolute Gasteiger partial charge is 0.238 e. The second-order valence-electron chi connectivity index (χ2n) is 5.74. The van der Waals surface area contributed by atoms with Crippen LogP contribution in [-0.2, 0) is 32.9 Å². The average Bonchev–Trinajstić information content (AvgIpc) is 2.58. The quantitative estimate of drug-likeness (QED) is 0.640. The standard InChI is InChI=1S/C17H22N2O4S2/c18-25(22,23)17-10-8-16(9-11-17)7-4-13-19-24(20,21)14-12-15-5-2-1-3-6-15/h1-3,5-6,8-11,19H,4,7,12-14H2,(H2,18,22,23). The van der Waals surface area contributed by atoms with Gasteiger partial charge in [-0.1, -0.05) is 42.5 Å². The summed E-state index contributed by atoms with van der Waals surface area (Å²) in [5.74, 6) is 0.0556. The Morgan fingerprint density at radius 1 is 0.800 bits per heavy atom. The Morgan fingerprint density at radius 3 is 2.00 bits per heavy atom. The Bertz CT molecular complexity index is 878. The maximum Gasteiger partial charge on any atom is 0.238 e. The lowest BCUT2D eigenvalue weighted by Gasteiger charge is -2.07. The SMILES string of the molecule is NS(=O)(=O)c1ccc(CCCNS(=O)(=O)CCc2ccccc2)cc1. The van der Waals surface area contributed by atoms with Crippen molar-refractivity contribution >= 4 is 20.0 Å². The molecule has 25 heavy (non-hydrogen) atoms. The minimum absolute atomic E-state index is 0.0556. The van der Waals surface area contributed by atoms with Gasteiger partial charge in [0.1, 0.15) is 0 Å². The predicted molar refractivity (Wildman–Crippen MR) is 98.1 cm³/mol. The van der Waals surface area contributed by atoms with Gasteiger partial charge in [0, 0.05) is 6.54 Å². The van der Waals surface area contributed by atoms with Gasteiger partial charge in [-0.05, 0) is 42.5 Å². The molecule has 6 nitrogen and oxygen atoms in total. The second kappa shape index (κ2) is 8.57. The highest BCUT2D eigenvalue weighted by Crippen LogP contribution is 2.10. The fourth-order valence-corrected chi connectivity index (χ4v) is 3.95. The van der Waals surface area contributed by atoms with Crippen LogP contribution >= 0.6 is 0 Å². The first kappa shape index (κ1) is 19.6. The van der Waals surface area contributed by atoms with E-state index in [2.05, 4.69) is 4.72 Å². The van der Waals surface area contributed by atoms with E-state index in [9.17, 15) is 16.8 Å². The second-order valence-corrected chi connectivity index (χ2v) is 9.23. The molecule has 8 heteroatoms. The molecule has 2 aromatic rings. The van der Waals surface area contributed by atoms with Crippen LogP contribution in [0.5, 0.6) is 0 Å². The van der Waals surface area contributed by atoms with Crippen LogP contribution in [0.4, 0.5) is 0 Å². The van der Waals surface area contributed by atoms with Crippen LogP contribution in [0.1, 0.15) is 17.5 Å². The molecule has 0 atom stereocenters. The lowest BCUT2D eigenvalue weighted by atomic mass is 10.1. The van der Waals surface area contributed by atoms with Crippen molar-refractivity contribution in [3.8, 4) is 0 Å². The summed E-state index contributed by atoms with van der Waals surface area (Å²) in [5, 5.41) is 5.04. The molecule has 0 amide bonds. The highest BCUT2D eigenvalue weighted by Gasteiger charge is 2.10. The van der Waals surface area contributed by atoms with Crippen molar-refractivity contribution in [2.24, 2.45) is 5.14 Å². The third kappa shape index (κ3) is 6.95. The molecule has 0 aromatic heterocycles. The normalized spacial score (nSPS) is 12.2. The van der Waals surface area contributed by atoms with E-state index >= 15 is 0 Å². The summed E-state index contributed by atoms with van der Waals surface area (Å²) in [6.07, 6.45) is 1.75. The Kier molecular flexibility index (Phi) is 6.71. The van der Waals surface area contributed by atoms with E-state index in [1.807, 2.05) is 30.3 Å². The van der Waals surface area contributed by atoms with Crippen molar-refractivity contribution < 1.29 is 16.8 Å². The van der Waals surface area contributed by atoms with Gasteiger partial charge in [-0.2, -0.15) is 0 Å². The first-order chi connectivity index (χ1) is 11.8. The summed E-state index contributed by atoms with van der Waals surface area (Å²) in [5.41, 5.74) is 1.92. The zero-order valence-electron chi connectivity index (χ0n) is 13.8. The highest BCUT2D eigenvalue weighted by molar-refractivity contribution is 7.89. The molecule has 0 saturated carbocycles. The summed E-state index contributed by atoms with van der Waals surface area (Å²) in [6.45, 7) is 0.341. The first-order valence-corrected chi connectivity index (χ1v) is 11.1. The molecule has 0 unspecified atom stereocenters. The Hall–Kier alpha value is -1.74. The molecule has 0 aliphatic rings. The van der Waals surface area contributed by atoms with E-state index in [1.165, 1.54) is 12.1 Å². The number of nitrogens with two attached hydrogens (primary N) is 1. The van der Waals surface area contributed by atoms with Gasteiger partial charge in [-0.25, -0.2) is 26.7 Å². The number of aryl methyl sites for hydroxylation is 2. The van der Waals surface area contributed by atoms with E-state index in [4.69, 9.17) is 5.14 Å². The maximum atomic E-state index is 12.0. The number of hydrogen-bond acceptors (Lipinski definition) is 4. The molecule has 0 saturated heterocycles. The maximum absolute atomic E-state index is 12.0. The summed E-state index contributed by atoms with van der Waals surface area (Å²) in [7, 11) is -6.99. The molecule has 2 aromatic carbocycles. The molecule has 0 aliphatic carbocycles. The molecule has 2 rings (SSSR count). The lowest BCUT2D eigenvalue weighted by molar-refractivity contribution is 0.578. The Morgan fingerprint density at radius 2 is 1.40 bits per heavy atom. The van der Waals surface area contributed by atoms with Crippen LogP contribution in [0, 0.1) is 0 Å². The fraction of sp³-hybridized carbons (Fsp3) is 0.294. The molecular weight excluding hydrogens is 360 g/mol. The van der Waals surface area contributed by atoms with Crippen LogP contribution in [0.2, 0.25) is 0 Å². The van der Waals surface area contributed by atoms with Gasteiger partial charge in [0.2, 0.25) is 20.0 Å². The zero-order valence-corrected chi connectivity index (χ0v) is 15.4. The van der Waals surface area contributed by atoms with Crippen molar-refractivity contribution in [1.82, 2.24) is 4.72 Å². The molecule has 0 heterocycles. The Balaban J connectivity index is 1.74. The van der Waals surface area contributed by atoms with E-state index in [-0.39, 0.29) is 10.6 Å². The third-order valence-corrected chi connectivity index (χ3v) is 6.03. The summed E-state index contributed by atoms with van der Waals surface area (Å²) in [6, 6.07) is 15.7.